The second kappa shape index (κ2) is 5.09. The zero-order valence-electron chi connectivity index (χ0n) is 10.7. The van der Waals surface area contributed by atoms with E-state index in [0.29, 0.717) is 18.4 Å². The molecule has 0 bridgehead atoms. The Labute approximate surface area is 110 Å². The van der Waals surface area contributed by atoms with E-state index in [0.717, 1.165) is 24.2 Å². The number of aromatic nitrogens is 2. The molecule has 0 radical (unpaired) electrons. The summed E-state index contributed by atoms with van der Waals surface area (Å²) in [5.41, 5.74) is 1.02. The van der Waals surface area contributed by atoms with Gasteiger partial charge in [-0.05, 0) is 30.0 Å². The first-order valence-electron chi connectivity index (χ1n) is 6.37. The van der Waals surface area contributed by atoms with E-state index in [2.05, 4.69) is 10.1 Å². The number of benzene rings is 1. The van der Waals surface area contributed by atoms with Crippen LogP contribution in [0.5, 0.6) is 0 Å². The summed E-state index contributed by atoms with van der Waals surface area (Å²) in [4.78, 5) is 4.20. The topological polar surface area (TPSA) is 48.2 Å². The monoisotopic (exact) mass is 262 g/mol. The molecule has 2 atom stereocenters. The van der Waals surface area contributed by atoms with E-state index in [4.69, 9.17) is 9.26 Å². The van der Waals surface area contributed by atoms with E-state index in [-0.39, 0.29) is 11.9 Å². The molecule has 1 saturated heterocycles. The third-order valence-electron chi connectivity index (χ3n) is 3.36. The van der Waals surface area contributed by atoms with Crippen molar-refractivity contribution in [3.05, 3.63) is 47.4 Å². The molecular weight excluding hydrogens is 247 g/mol. The van der Waals surface area contributed by atoms with Crippen molar-refractivity contribution in [2.45, 2.75) is 25.9 Å². The van der Waals surface area contributed by atoms with Gasteiger partial charge in [0.25, 0.3) is 0 Å². The van der Waals surface area contributed by atoms with Crippen molar-refractivity contribution < 1.29 is 13.7 Å². The van der Waals surface area contributed by atoms with Gasteiger partial charge in [-0.3, -0.25) is 0 Å². The van der Waals surface area contributed by atoms with Crippen LogP contribution in [0.25, 0.3) is 0 Å². The molecule has 1 aromatic heterocycles. The second-order valence-corrected chi connectivity index (χ2v) is 4.91. The highest BCUT2D eigenvalue weighted by molar-refractivity contribution is 5.19. The molecular formula is C14H15FN2O2. The van der Waals surface area contributed by atoms with Gasteiger partial charge in [-0.25, -0.2) is 4.39 Å². The van der Waals surface area contributed by atoms with Crippen molar-refractivity contribution >= 4 is 0 Å². The Morgan fingerprint density at radius 2 is 2.11 bits per heavy atom. The fourth-order valence-electron chi connectivity index (χ4n) is 2.43. The van der Waals surface area contributed by atoms with Gasteiger partial charge in [-0.2, -0.15) is 4.98 Å². The molecule has 0 amide bonds. The molecule has 1 aliphatic rings. The average molecular weight is 262 g/mol. The number of aryl methyl sites for hydroxylation is 1. The number of nitrogens with zero attached hydrogens (tertiary/aromatic N) is 2. The van der Waals surface area contributed by atoms with Crippen LogP contribution in [0.4, 0.5) is 4.39 Å². The van der Waals surface area contributed by atoms with Gasteiger partial charge in [0.2, 0.25) is 5.89 Å². The number of ether oxygens (including phenoxy) is 1. The Hall–Kier alpha value is -1.75. The molecule has 19 heavy (non-hydrogen) atoms. The molecule has 5 heteroatoms. The van der Waals surface area contributed by atoms with E-state index < -0.39 is 0 Å². The van der Waals surface area contributed by atoms with Crippen LogP contribution in [0, 0.1) is 18.7 Å². The zero-order valence-corrected chi connectivity index (χ0v) is 10.7. The molecule has 3 rings (SSSR count). The molecule has 1 aliphatic heterocycles. The van der Waals surface area contributed by atoms with Crippen LogP contribution in [0.1, 0.15) is 29.8 Å². The predicted octanol–water partition coefficient (Wildman–Crippen LogP) is 2.84. The highest BCUT2D eigenvalue weighted by Crippen LogP contribution is 2.33. The number of halogens is 1. The normalized spacial score (nSPS) is 22.8. The van der Waals surface area contributed by atoms with Crippen molar-refractivity contribution in [3.63, 3.8) is 0 Å². The quantitative estimate of drug-likeness (QED) is 0.853. The first kappa shape index (κ1) is 12.3. The van der Waals surface area contributed by atoms with Gasteiger partial charge in [0.05, 0.1) is 12.7 Å². The number of hydrogen-bond acceptors (Lipinski definition) is 4. The summed E-state index contributed by atoms with van der Waals surface area (Å²) in [6, 6.07) is 6.49. The molecule has 0 saturated carbocycles. The Bertz CT molecular complexity index is 553. The summed E-state index contributed by atoms with van der Waals surface area (Å²) in [5, 5.41) is 3.90. The molecule has 2 heterocycles. The van der Waals surface area contributed by atoms with E-state index in [1.165, 1.54) is 12.1 Å². The predicted molar refractivity (Wildman–Crippen MR) is 65.9 cm³/mol. The highest BCUT2D eigenvalue weighted by Gasteiger charge is 2.28. The largest absolute Gasteiger partial charge is 0.373 e. The first-order chi connectivity index (χ1) is 9.20. The van der Waals surface area contributed by atoms with Gasteiger partial charge in [0, 0.05) is 13.3 Å². The Balaban J connectivity index is 1.62. The molecule has 100 valence electrons. The molecule has 0 aliphatic carbocycles. The number of hydrogen-bond donors (Lipinski definition) is 0. The molecule has 2 aromatic rings. The zero-order chi connectivity index (χ0) is 13.2. The van der Waals surface area contributed by atoms with Crippen LogP contribution in [-0.4, -0.2) is 16.7 Å². The van der Waals surface area contributed by atoms with Gasteiger partial charge >= 0.3 is 0 Å². The van der Waals surface area contributed by atoms with Gasteiger partial charge in [-0.1, -0.05) is 17.3 Å². The minimum atomic E-state index is -0.222. The number of rotatable bonds is 3. The van der Waals surface area contributed by atoms with Crippen LogP contribution < -0.4 is 0 Å². The van der Waals surface area contributed by atoms with E-state index in [1.54, 1.807) is 19.1 Å². The smallest absolute Gasteiger partial charge is 0.223 e. The maximum atomic E-state index is 12.9. The van der Waals surface area contributed by atoms with E-state index in [9.17, 15) is 4.39 Å². The fourth-order valence-corrected chi connectivity index (χ4v) is 2.43. The summed E-state index contributed by atoms with van der Waals surface area (Å²) in [7, 11) is 0. The van der Waals surface area contributed by atoms with E-state index >= 15 is 0 Å². The van der Waals surface area contributed by atoms with Gasteiger partial charge in [0.15, 0.2) is 5.82 Å². The minimum absolute atomic E-state index is 0.0404. The maximum Gasteiger partial charge on any atom is 0.223 e. The second-order valence-electron chi connectivity index (χ2n) is 4.91. The lowest BCUT2D eigenvalue weighted by molar-refractivity contribution is 0.107. The van der Waals surface area contributed by atoms with Crippen molar-refractivity contribution in [3.8, 4) is 0 Å². The Morgan fingerprint density at radius 3 is 2.79 bits per heavy atom. The lowest BCUT2D eigenvalue weighted by Gasteiger charge is -2.09. The van der Waals surface area contributed by atoms with Crippen LogP contribution in [0.15, 0.2) is 28.8 Å². The van der Waals surface area contributed by atoms with Crippen LogP contribution in [0.3, 0.4) is 0 Å². The molecule has 1 unspecified atom stereocenters. The Morgan fingerprint density at radius 1 is 1.32 bits per heavy atom. The van der Waals surface area contributed by atoms with Gasteiger partial charge in [0.1, 0.15) is 5.82 Å². The standard InChI is InChI=1S/C14H15FN2O2/c1-9-16-14(17-19-9)7-10-6-13(18-8-10)11-2-4-12(15)5-3-11/h2-5,10,13H,6-8H2,1H3/t10?,13-/m1/s1. The highest BCUT2D eigenvalue weighted by atomic mass is 19.1. The summed E-state index contributed by atoms with van der Waals surface area (Å²) in [5.74, 6) is 1.47. The summed E-state index contributed by atoms with van der Waals surface area (Å²) in [6.45, 7) is 2.46. The average Bonchev–Trinajstić information content (AvgIpc) is 3.00. The summed E-state index contributed by atoms with van der Waals surface area (Å²) in [6.07, 6.45) is 1.70. The first-order valence-corrected chi connectivity index (χ1v) is 6.37. The van der Waals surface area contributed by atoms with Crippen LogP contribution in [-0.2, 0) is 11.2 Å². The van der Waals surface area contributed by atoms with Crippen LogP contribution >= 0.6 is 0 Å². The molecule has 1 aromatic carbocycles. The lowest BCUT2D eigenvalue weighted by Crippen LogP contribution is -2.05. The fraction of sp³-hybridized carbons (Fsp3) is 0.429. The molecule has 1 fully saturated rings. The summed E-state index contributed by atoms with van der Waals surface area (Å²) >= 11 is 0. The third kappa shape index (κ3) is 2.81. The third-order valence-corrected chi connectivity index (χ3v) is 3.36. The van der Waals surface area contributed by atoms with Gasteiger partial charge < -0.3 is 9.26 Å². The minimum Gasteiger partial charge on any atom is -0.373 e. The summed E-state index contributed by atoms with van der Waals surface area (Å²) < 4.78 is 23.6. The Kier molecular flexibility index (Phi) is 3.29. The van der Waals surface area contributed by atoms with Crippen molar-refractivity contribution in [2.24, 2.45) is 5.92 Å². The molecule has 0 N–H and O–H groups in total. The molecule has 4 nitrogen and oxygen atoms in total. The van der Waals surface area contributed by atoms with Gasteiger partial charge in [-0.15, -0.1) is 0 Å². The van der Waals surface area contributed by atoms with Crippen molar-refractivity contribution in [1.29, 1.82) is 0 Å². The van der Waals surface area contributed by atoms with Crippen molar-refractivity contribution in [2.75, 3.05) is 6.61 Å². The SMILES string of the molecule is Cc1nc(CC2CO[C@@H](c3ccc(F)cc3)C2)no1. The maximum absolute atomic E-state index is 12.9. The van der Waals surface area contributed by atoms with E-state index in [1.807, 2.05) is 0 Å². The lowest BCUT2D eigenvalue weighted by atomic mass is 9.98. The van der Waals surface area contributed by atoms with Crippen molar-refractivity contribution in [1.82, 2.24) is 10.1 Å². The molecule has 0 spiro atoms. The van der Waals surface area contributed by atoms with Crippen LogP contribution in [0.2, 0.25) is 0 Å².